The minimum atomic E-state index is -0.125. The quantitative estimate of drug-likeness (QED) is 0.822. The third-order valence-electron chi connectivity index (χ3n) is 3.66. The van der Waals surface area contributed by atoms with Crippen LogP contribution in [0.5, 0.6) is 5.75 Å². The monoisotopic (exact) mass is 373 g/mol. The van der Waals surface area contributed by atoms with E-state index in [4.69, 9.17) is 10.5 Å². The van der Waals surface area contributed by atoms with Gasteiger partial charge in [0.25, 0.3) is 5.91 Å². The summed E-state index contributed by atoms with van der Waals surface area (Å²) in [5, 5.41) is 0. The highest BCUT2D eigenvalue weighted by atomic mass is 79.9. The van der Waals surface area contributed by atoms with Gasteiger partial charge in [0.2, 0.25) is 0 Å². The molecule has 6 heteroatoms. The number of ether oxygens (including phenoxy) is 1. The predicted octanol–water partition coefficient (Wildman–Crippen LogP) is 3.12. The summed E-state index contributed by atoms with van der Waals surface area (Å²) in [5.41, 5.74) is 8.63. The highest BCUT2D eigenvalue weighted by Crippen LogP contribution is 2.29. The fourth-order valence-corrected chi connectivity index (χ4v) is 2.93. The molecule has 0 fully saturated rings. The predicted molar refractivity (Wildman–Crippen MR) is 95.7 cm³/mol. The Hall–Kier alpha value is -2.34. The molecule has 5 nitrogen and oxygen atoms in total. The molecule has 0 unspecified atom stereocenters. The number of nitrogen functional groups attached to an aromatic ring is 1. The average molecular weight is 374 g/mol. The van der Waals surface area contributed by atoms with E-state index in [1.165, 1.54) is 0 Å². The number of benzodiazepines with no additional fused rings is 1. The molecule has 0 aliphatic carbocycles. The van der Waals surface area contributed by atoms with Gasteiger partial charge >= 0.3 is 0 Å². The smallest absolute Gasteiger partial charge is 0.262 e. The van der Waals surface area contributed by atoms with Gasteiger partial charge in [0.1, 0.15) is 5.75 Å². The number of hydrogen-bond donors (Lipinski definition) is 1. The summed E-state index contributed by atoms with van der Waals surface area (Å²) in [6, 6.07) is 10.8. The lowest BCUT2D eigenvalue weighted by Crippen LogP contribution is -2.33. The van der Waals surface area contributed by atoms with Crippen molar-refractivity contribution in [3.05, 3.63) is 52.0 Å². The molecule has 2 N–H and O–H groups in total. The van der Waals surface area contributed by atoms with E-state index < -0.39 is 0 Å². The lowest BCUT2D eigenvalue weighted by Gasteiger charge is -2.23. The summed E-state index contributed by atoms with van der Waals surface area (Å²) in [7, 11) is 1.56. The number of fused-ring (bicyclic) bond motifs is 1. The number of carbonyl (C=O) groups is 1. The molecule has 118 valence electrons. The molecule has 0 saturated heterocycles. The van der Waals surface area contributed by atoms with Gasteiger partial charge in [0.05, 0.1) is 24.9 Å². The maximum absolute atomic E-state index is 13.1. The summed E-state index contributed by atoms with van der Waals surface area (Å²) < 4.78 is 6.16. The van der Waals surface area contributed by atoms with Crippen LogP contribution in [-0.4, -0.2) is 32.3 Å². The van der Waals surface area contributed by atoms with Gasteiger partial charge in [-0.1, -0.05) is 15.9 Å². The van der Waals surface area contributed by atoms with Gasteiger partial charge in [-0.2, -0.15) is 0 Å². The molecule has 3 rings (SSSR count). The Balaban J connectivity index is 2.06. The van der Waals surface area contributed by atoms with Crippen molar-refractivity contribution in [2.45, 2.75) is 0 Å². The minimum Gasteiger partial charge on any atom is -0.496 e. The first-order chi connectivity index (χ1) is 11.1. The second-order valence-corrected chi connectivity index (χ2v) is 6.07. The van der Waals surface area contributed by atoms with E-state index in [2.05, 4.69) is 20.9 Å². The Morgan fingerprint density at radius 1 is 1.30 bits per heavy atom. The average Bonchev–Trinajstić information content (AvgIpc) is 2.76. The number of methoxy groups -OCH3 is 1. The summed E-state index contributed by atoms with van der Waals surface area (Å²) in [4.78, 5) is 19.1. The van der Waals surface area contributed by atoms with Gasteiger partial charge in [0.15, 0.2) is 0 Å². The van der Waals surface area contributed by atoms with E-state index in [9.17, 15) is 4.79 Å². The largest absolute Gasteiger partial charge is 0.496 e. The zero-order valence-corrected chi connectivity index (χ0v) is 14.2. The van der Waals surface area contributed by atoms with Crippen LogP contribution in [0.3, 0.4) is 0 Å². The zero-order valence-electron chi connectivity index (χ0n) is 12.6. The summed E-state index contributed by atoms with van der Waals surface area (Å²) in [6.07, 6.45) is 1.76. The number of anilines is 2. The van der Waals surface area contributed by atoms with Gasteiger partial charge in [-0.05, 0) is 36.4 Å². The van der Waals surface area contributed by atoms with Gasteiger partial charge in [-0.25, -0.2) is 0 Å². The number of benzene rings is 2. The first-order valence-electron chi connectivity index (χ1n) is 7.15. The number of carbonyl (C=O) groups excluding carboxylic acids is 1. The Morgan fingerprint density at radius 2 is 2.13 bits per heavy atom. The number of nitrogens with two attached hydrogens (primary N) is 1. The van der Waals surface area contributed by atoms with Crippen LogP contribution in [0.15, 0.2) is 45.9 Å². The van der Waals surface area contributed by atoms with Gasteiger partial charge in [-0.3, -0.25) is 9.79 Å². The number of hydrogen-bond acceptors (Lipinski definition) is 4. The molecule has 1 aliphatic heterocycles. The molecule has 1 amide bonds. The number of rotatable bonds is 2. The Kier molecular flexibility index (Phi) is 4.34. The van der Waals surface area contributed by atoms with Crippen molar-refractivity contribution in [2.75, 3.05) is 30.8 Å². The molecule has 0 spiro atoms. The molecule has 0 radical (unpaired) electrons. The molecule has 0 bridgehead atoms. The van der Waals surface area contributed by atoms with Crippen molar-refractivity contribution in [1.29, 1.82) is 0 Å². The minimum absolute atomic E-state index is 0.125. The molecular formula is C17H16BrN3O2. The summed E-state index contributed by atoms with van der Waals surface area (Å²) >= 11 is 3.41. The number of halogens is 1. The van der Waals surface area contributed by atoms with Crippen molar-refractivity contribution < 1.29 is 9.53 Å². The molecule has 2 aromatic carbocycles. The van der Waals surface area contributed by atoms with Gasteiger partial charge in [0, 0.05) is 28.5 Å². The third-order valence-corrected chi connectivity index (χ3v) is 4.16. The van der Waals surface area contributed by atoms with E-state index in [0.29, 0.717) is 30.1 Å². The summed E-state index contributed by atoms with van der Waals surface area (Å²) in [5.74, 6) is 0.417. The van der Waals surface area contributed by atoms with E-state index in [0.717, 1.165) is 15.7 Å². The topological polar surface area (TPSA) is 67.9 Å². The molecular weight excluding hydrogens is 358 g/mol. The van der Waals surface area contributed by atoms with Gasteiger partial charge in [-0.15, -0.1) is 0 Å². The van der Waals surface area contributed by atoms with Crippen molar-refractivity contribution >= 4 is 39.4 Å². The molecule has 23 heavy (non-hydrogen) atoms. The number of aliphatic imine (C=N–C) groups is 1. The Labute approximate surface area is 142 Å². The number of nitrogens with zero attached hydrogens (tertiary/aromatic N) is 2. The first-order valence-corrected chi connectivity index (χ1v) is 7.94. The van der Waals surface area contributed by atoms with Crippen LogP contribution in [0.25, 0.3) is 0 Å². The van der Waals surface area contributed by atoms with Crippen LogP contribution in [0.4, 0.5) is 11.4 Å². The molecule has 0 saturated carbocycles. The Bertz CT molecular complexity index is 789. The molecule has 0 atom stereocenters. The maximum atomic E-state index is 13.1. The highest BCUT2D eigenvalue weighted by Gasteiger charge is 2.24. The van der Waals surface area contributed by atoms with Crippen molar-refractivity contribution in [3.8, 4) is 5.75 Å². The van der Waals surface area contributed by atoms with Crippen molar-refractivity contribution in [3.63, 3.8) is 0 Å². The lowest BCUT2D eigenvalue weighted by atomic mass is 10.1. The normalized spacial score (nSPS) is 13.4. The molecule has 1 aliphatic rings. The molecule has 1 heterocycles. The van der Waals surface area contributed by atoms with Crippen molar-refractivity contribution in [1.82, 2.24) is 0 Å². The van der Waals surface area contributed by atoms with Crippen LogP contribution < -0.4 is 15.4 Å². The standard InChI is InChI=1S/C17H16BrN3O2/c1-23-16-5-2-12(18)9-14(16)17(22)21-7-6-20-10-11-8-13(19)3-4-15(11)21/h2-5,8-10H,6-7,19H2,1H3. The summed E-state index contributed by atoms with van der Waals surface area (Å²) in [6.45, 7) is 1.04. The van der Waals surface area contributed by atoms with E-state index in [1.807, 2.05) is 18.2 Å². The van der Waals surface area contributed by atoms with E-state index in [1.54, 1.807) is 36.4 Å². The van der Waals surface area contributed by atoms with Crippen LogP contribution in [0.1, 0.15) is 15.9 Å². The Morgan fingerprint density at radius 3 is 2.91 bits per heavy atom. The zero-order chi connectivity index (χ0) is 16.4. The van der Waals surface area contributed by atoms with Crippen molar-refractivity contribution in [2.24, 2.45) is 4.99 Å². The fourth-order valence-electron chi connectivity index (χ4n) is 2.57. The van der Waals surface area contributed by atoms with E-state index in [-0.39, 0.29) is 5.91 Å². The maximum Gasteiger partial charge on any atom is 0.262 e. The van der Waals surface area contributed by atoms with Crippen LogP contribution in [0, 0.1) is 0 Å². The SMILES string of the molecule is COc1ccc(Br)cc1C(=O)N1CCN=Cc2cc(N)ccc21. The second-order valence-electron chi connectivity index (χ2n) is 5.15. The number of amides is 1. The van der Waals surface area contributed by atoms with E-state index >= 15 is 0 Å². The molecule has 0 aromatic heterocycles. The highest BCUT2D eigenvalue weighted by molar-refractivity contribution is 9.10. The van der Waals surface area contributed by atoms with Gasteiger partial charge < -0.3 is 15.4 Å². The van der Waals surface area contributed by atoms with Crippen LogP contribution in [0.2, 0.25) is 0 Å². The second kappa shape index (κ2) is 6.42. The third kappa shape index (κ3) is 3.07. The van der Waals surface area contributed by atoms with Crippen LogP contribution >= 0.6 is 15.9 Å². The molecule has 2 aromatic rings. The lowest BCUT2D eigenvalue weighted by molar-refractivity contribution is 0.0985. The first kappa shape index (κ1) is 15.6. The fraction of sp³-hybridized carbons (Fsp3) is 0.176. The van der Waals surface area contributed by atoms with Crippen LogP contribution in [-0.2, 0) is 0 Å².